The summed E-state index contributed by atoms with van der Waals surface area (Å²) in [6, 6.07) is 2.46. The Hall–Kier alpha value is -1.03. The number of hydrogen-bond acceptors (Lipinski definition) is 4. The summed E-state index contributed by atoms with van der Waals surface area (Å²) >= 11 is 1.74. The van der Waals surface area contributed by atoms with Crippen molar-refractivity contribution < 1.29 is 9.53 Å². The van der Waals surface area contributed by atoms with E-state index in [1.54, 1.807) is 16.2 Å². The molecule has 2 rings (SSSR count). The zero-order valence-electron chi connectivity index (χ0n) is 15.2. The van der Waals surface area contributed by atoms with E-state index in [2.05, 4.69) is 35.9 Å². The highest BCUT2D eigenvalue weighted by molar-refractivity contribution is 14.0. The van der Waals surface area contributed by atoms with Crippen molar-refractivity contribution in [3.63, 3.8) is 0 Å². The molecule has 0 unspecified atom stereocenters. The number of hydrogen-bond donors (Lipinski definition) is 2. The molecule has 1 aliphatic heterocycles. The number of ether oxygens (including phenoxy) is 1. The number of aliphatic imine (C=N–C) groups is 1. The van der Waals surface area contributed by atoms with Gasteiger partial charge in [-0.25, -0.2) is 9.79 Å². The summed E-state index contributed by atoms with van der Waals surface area (Å²) in [5.41, 5.74) is 1.29. The molecule has 1 fully saturated rings. The van der Waals surface area contributed by atoms with Crippen molar-refractivity contribution in [2.75, 3.05) is 26.2 Å². The molecule has 0 radical (unpaired) electrons. The Morgan fingerprint density at radius 3 is 2.68 bits per heavy atom. The molecule has 0 aliphatic carbocycles. The Morgan fingerprint density at radius 1 is 1.40 bits per heavy atom. The molecule has 25 heavy (non-hydrogen) atoms. The number of guanidine groups is 1. The molecule has 142 valence electrons. The lowest BCUT2D eigenvalue weighted by molar-refractivity contribution is 0.0963. The second kappa shape index (κ2) is 11.6. The van der Waals surface area contributed by atoms with Gasteiger partial charge in [0.2, 0.25) is 0 Å². The van der Waals surface area contributed by atoms with E-state index in [9.17, 15) is 4.79 Å². The van der Waals surface area contributed by atoms with E-state index < -0.39 is 0 Å². The summed E-state index contributed by atoms with van der Waals surface area (Å²) in [5, 5.41) is 8.90. The number of aryl methyl sites for hydroxylation is 1. The second-order valence-corrected chi connectivity index (χ2v) is 6.83. The third-order valence-electron chi connectivity index (χ3n) is 4.05. The van der Waals surface area contributed by atoms with Crippen LogP contribution in [0, 0.1) is 6.92 Å². The summed E-state index contributed by atoms with van der Waals surface area (Å²) in [4.78, 5) is 19.5. The number of piperidine rings is 1. The van der Waals surface area contributed by atoms with Crippen LogP contribution >= 0.6 is 35.3 Å². The van der Waals surface area contributed by atoms with Gasteiger partial charge in [-0.3, -0.25) is 0 Å². The minimum Gasteiger partial charge on any atom is -0.450 e. The zero-order chi connectivity index (χ0) is 17.4. The van der Waals surface area contributed by atoms with Crippen LogP contribution in [-0.2, 0) is 11.3 Å². The number of carbonyl (C=O) groups is 1. The summed E-state index contributed by atoms with van der Waals surface area (Å²) in [6.07, 6.45) is 1.60. The van der Waals surface area contributed by atoms with Gasteiger partial charge in [0.05, 0.1) is 13.2 Å². The van der Waals surface area contributed by atoms with Gasteiger partial charge in [0.1, 0.15) is 0 Å². The molecule has 1 aliphatic rings. The molecule has 8 heteroatoms. The van der Waals surface area contributed by atoms with Crippen molar-refractivity contribution in [3.8, 4) is 0 Å². The summed E-state index contributed by atoms with van der Waals surface area (Å²) in [7, 11) is 0. The van der Waals surface area contributed by atoms with Gasteiger partial charge in [-0.05, 0) is 50.6 Å². The molecule has 6 nitrogen and oxygen atoms in total. The molecule has 1 aromatic heterocycles. The SMILES string of the molecule is CCNC(=NCc1sccc1C)NC1CCN(C(=O)OCC)CC1.I. The van der Waals surface area contributed by atoms with Gasteiger partial charge in [-0.15, -0.1) is 35.3 Å². The van der Waals surface area contributed by atoms with E-state index in [-0.39, 0.29) is 30.1 Å². The lowest BCUT2D eigenvalue weighted by atomic mass is 10.1. The van der Waals surface area contributed by atoms with Gasteiger partial charge < -0.3 is 20.3 Å². The normalized spacial score (nSPS) is 15.5. The Balaban J connectivity index is 0.00000312. The number of halogens is 1. The molecule has 1 aromatic rings. The molecule has 1 saturated heterocycles. The summed E-state index contributed by atoms with van der Waals surface area (Å²) < 4.78 is 5.06. The fraction of sp³-hybridized carbons (Fsp3) is 0.647. The third-order valence-corrected chi connectivity index (χ3v) is 5.06. The first-order valence-corrected chi connectivity index (χ1v) is 9.51. The average Bonchev–Trinajstić information content (AvgIpc) is 2.99. The van der Waals surface area contributed by atoms with E-state index in [4.69, 9.17) is 9.73 Å². The smallest absolute Gasteiger partial charge is 0.409 e. The molecule has 2 N–H and O–H groups in total. The first-order chi connectivity index (χ1) is 11.6. The van der Waals surface area contributed by atoms with Gasteiger partial charge in [-0.2, -0.15) is 0 Å². The highest BCUT2D eigenvalue weighted by Gasteiger charge is 2.24. The Morgan fingerprint density at radius 2 is 2.12 bits per heavy atom. The van der Waals surface area contributed by atoms with Crippen LogP contribution in [0.25, 0.3) is 0 Å². The number of nitrogens with one attached hydrogen (secondary N) is 2. The fourth-order valence-electron chi connectivity index (χ4n) is 2.65. The quantitative estimate of drug-likeness (QED) is 0.386. The monoisotopic (exact) mass is 480 g/mol. The van der Waals surface area contributed by atoms with Crippen LogP contribution in [0.5, 0.6) is 0 Å². The topological polar surface area (TPSA) is 66.0 Å². The molecule has 1 amide bonds. The van der Waals surface area contributed by atoms with E-state index in [0.717, 1.165) is 38.4 Å². The maximum atomic E-state index is 11.7. The fourth-order valence-corrected chi connectivity index (χ4v) is 3.48. The van der Waals surface area contributed by atoms with Crippen molar-refractivity contribution in [1.29, 1.82) is 0 Å². The third kappa shape index (κ3) is 7.01. The number of carbonyl (C=O) groups excluding carboxylic acids is 1. The zero-order valence-corrected chi connectivity index (χ0v) is 18.4. The van der Waals surface area contributed by atoms with Gasteiger partial charge in [0.15, 0.2) is 5.96 Å². The highest BCUT2D eigenvalue weighted by atomic mass is 127. The van der Waals surface area contributed by atoms with Crippen molar-refractivity contribution >= 4 is 47.4 Å². The molecular weight excluding hydrogens is 451 g/mol. The Kier molecular flexibility index (Phi) is 10.2. The number of nitrogens with zero attached hydrogens (tertiary/aromatic N) is 2. The molecule has 0 saturated carbocycles. The highest BCUT2D eigenvalue weighted by Crippen LogP contribution is 2.16. The average molecular weight is 480 g/mol. The number of thiophene rings is 1. The van der Waals surface area contributed by atoms with Gasteiger partial charge >= 0.3 is 6.09 Å². The maximum Gasteiger partial charge on any atom is 0.409 e. The standard InChI is InChI=1S/C17H28N4O2S.HI/c1-4-18-16(19-12-15-13(3)8-11-24-15)20-14-6-9-21(10-7-14)17(22)23-5-2;/h8,11,14H,4-7,9-10,12H2,1-3H3,(H2,18,19,20);1H. The maximum absolute atomic E-state index is 11.7. The minimum absolute atomic E-state index is 0. The van der Waals surface area contributed by atoms with E-state index in [1.807, 2.05) is 6.92 Å². The van der Waals surface area contributed by atoms with Crippen molar-refractivity contribution in [2.24, 2.45) is 4.99 Å². The van der Waals surface area contributed by atoms with Crippen molar-refractivity contribution in [1.82, 2.24) is 15.5 Å². The predicted octanol–water partition coefficient (Wildman–Crippen LogP) is 3.35. The van der Waals surface area contributed by atoms with E-state index in [0.29, 0.717) is 19.2 Å². The number of amides is 1. The molecule has 0 bridgehead atoms. The first kappa shape index (κ1) is 22.0. The summed E-state index contributed by atoms with van der Waals surface area (Å²) in [6.45, 7) is 9.41. The first-order valence-electron chi connectivity index (χ1n) is 8.63. The predicted molar refractivity (Wildman–Crippen MR) is 114 cm³/mol. The van der Waals surface area contributed by atoms with Crippen LogP contribution in [0.3, 0.4) is 0 Å². The molecular formula is C17H29IN4O2S. The van der Waals surface area contributed by atoms with Crippen molar-refractivity contribution in [3.05, 3.63) is 21.9 Å². The molecule has 0 atom stereocenters. The van der Waals surface area contributed by atoms with Crippen molar-refractivity contribution in [2.45, 2.75) is 46.2 Å². The van der Waals surface area contributed by atoms with Gasteiger partial charge in [0, 0.05) is 30.6 Å². The van der Waals surface area contributed by atoms with Crippen LogP contribution < -0.4 is 10.6 Å². The van der Waals surface area contributed by atoms with Gasteiger partial charge in [0.25, 0.3) is 0 Å². The lowest BCUT2D eigenvalue weighted by Crippen LogP contribution is -2.49. The van der Waals surface area contributed by atoms with Crippen LogP contribution in [0.15, 0.2) is 16.4 Å². The minimum atomic E-state index is -0.204. The summed E-state index contributed by atoms with van der Waals surface area (Å²) in [5.74, 6) is 0.847. The number of likely N-dealkylation sites (tertiary alicyclic amines) is 1. The second-order valence-electron chi connectivity index (χ2n) is 5.83. The van der Waals surface area contributed by atoms with E-state index >= 15 is 0 Å². The molecule has 0 spiro atoms. The van der Waals surface area contributed by atoms with E-state index in [1.165, 1.54) is 10.4 Å². The Labute approximate surface area is 171 Å². The largest absolute Gasteiger partial charge is 0.450 e. The lowest BCUT2D eigenvalue weighted by Gasteiger charge is -2.32. The van der Waals surface area contributed by atoms with Gasteiger partial charge in [-0.1, -0.05) is 0 Å². The Bertz CT molecular complexity index is 557. The van der Waals surface area contributed by atoms with Crippen LogP contribution in [-0.4, -0.2) is 49.2 Å². The van der Waals surface area contributed by atoms with Crippen LogP contribution in [0.1, 0.15) is 37.1 Å². The van der Waals surface area contributed by atoms with Crippen LogP contribution in [0.2, 0.25) is 0 Å². The number of rotatable bonds is 5. The van der Waals surface area contributed by atoms with Crippen LogP contribution in [0.4, 0.5) is 4.79 Å². The molecule has 2 heterocycles. The molecule has 0 aromatic carbocycles.